The maximum absolute atomic E-state index is 10.9. The van der Waals surface area contributed by atoms with E-state index in [0.717, 1.165) is 56.4 Å². The monoisotopic (exact) mass is 879 g/mol. The van der Waals surface area contributed by atoms with Gasteiger partial charge in [-0.15, -0.1) is 5.16 Å². The van der Waals surface area contributed by atoms with Gasteiger partial charge in [0.15, 0.2) is 0 Å². The molecule has 4 heterocycles. The van der Waals surface area contributed by atoms with E-state index in [1.54, 1.807) is 12.1 Å². The summed E-state index contributed by atoms with van der Waals surface area (Å²) in [6, 6.07) is 68.5. The summed E-state index contributed by atoms with van der Waals surface area (Å²) in [7, 11) is -1.55. The van der Waals surface area contributed by atoms with Crippen molar-refractivity contribution >= 4 is 24.0 Å². The van der Waals surface area contributed by atoms with Crippen molar-refractivity contribution in [2.24, 2.45) is 5.16 Å². The van der Waals surface area contributed by atoms with Gasteiger partial charge in [-0.05, 0) is 68.2 Å². The second kappa shape index (κ2) is 22.3. The molecule has 6 aromatic carbocycles. The van der Waals surface area contributed by atoms with Gasteiger partial charge in [-0.25, -0.2) is 20.3 Å². The van der Waals surface area contributed by atoms with E-state index in [2.05, 4.69) is 104 Å². The number of fused-ring (bicyclic) bond motifs is 1. The van der Waals surface area contributed by atoms with E-state index < -0.39 is 13.0 Å². The van der Waals surface area contributed by atoms with Gasteiger partial charge in [0, 0.05) is 16.7 Å². The number of hydrogen-bond acceptors (Lipinski definition) is 7. The SMILES string of the molecule is Cc1cc(-c2ccccc2)nn1[BH-](n1nc(-c2ccccc2)cc1C)n1nc(-c2ccccc2)cc1C.[O-]/C(=N\O)c1nc2ccccc2[nH]1.[Zn+2].c1ccccc1.c1ccccc1. The molecule has 4 aromatic heterocycles. The van der Waals surface area contributed by atoms with Crippen LogP contribution in [0.5, 0.6) is 0 Å². The first-order valence-electron chi connectivity index (χ1n) is 20.3. The van der Waals surface area contributed by atoms with Crippen molar-refractivity contribution in [3.05, 3.63) is 229 Å². The molecule has 0 atom stereocenters. The smallest absolute Gasteiger partial charge is 0.854 e. The van der Waals surface area contributed by atoms with Crippen LogP contribution in [-0.4, -0.2) is 57.3 Å². The molecule has 0 saturated carbocycles. The number of rotatable bonds is 7. The molecule has 0 unspecified atom stereocenters. The number of para-hydroxylation sites is 2. The zero-order valence-electron chi connectivity index (χ0n) is 35.5. The minimum Gasteiger partial charge on any atom is -0.854 e. The maximum atomic E-state index is 10.9. The van der Waals surface area contributed by atoms with Crippen LogP contribution >= 0.6 is 0 Å². The molecule has 0 aliphatic rings. The molecule has 0 radical (unpaired) electrons. The molecule has 2 N–H and O–H groups in total. The van der Waals surface area contributed by atoms with Crippen molar-refractivity contribution in [3.63, 3.8) is 0 Å². The van der Waals surface area contributed by atoms with E-state index in [1.165, 1.54) is 0 Å². The van der Waals surface area contributed by atoms with Crippen LogP contribution in [0.25, 0.3) is 44.8 Å². The standard InChI is InChI=1S/C30H28BN6.C8H7N3O2.2C6H6.Zn/c1-22-19-28(25-13-7-4-8-14-25)32-35(22)31(36-23(2)20-29(33-36)26-15-9-5-10-16-26)37-24(3)21-30(34-37)27-17-11-6-12-18-27;12-8(11-13)7-9-5-3-1-2-4-6(5)10-7;2*1-2-4-6-5-3-1;/h4-21,31H,1-3H3;1-4,13H,(H,9,10)(H,11,12);2*1-6H;/q-1;;;;+2/p-1. The van der Waals surface area contributed by atoms with Crippen LogP contribution in [0.3, 0.4) is 0 Å². The second-order valence-corrected chi connectivity index (χ2v) is 14.4. The van der Waals surface area contributed by atoms with E-state index in [0.29, 0.717) is 5.52 Å². The van der Waals surface area contributed by atoms with Gasteiger partial charge < -0.3 is 29.1 Å². The number of benzene rings is 6. The Morgan fingerprint density at radius 1 is 0.492 bits per heavy atom. The number of aryl methyl sites for hydroxylation is 3. The van der Waals surface area contributed by atoms with E-state index in [1.807, 2.05) is 140 Å². The van der Waals surface area contributed by atoms with Crippen molar-refractivity contribution in [2.45, 2.75) is 20.8 Å². The molecule has 10 rings (SSSR count). The average Bonchev–Trinajstić information content (AvgIpc) is 4.15. The fourth-order valence-corrected chi connectivity index (χ4v) is 6.89. The molecule has 0 amide bonds. The Morgan fingerprint density at radius 3 is 1.11 bits per heavy atom. The maximum Gasteiger partial charge on any atom is 2.00 e. The van der Waals surface area contributed by atoms with E-state index in [-0.39, 0.29) is 25.3 Å². The van der Waals surface area contributed by atoms with E-state index in [4.69, 9.17) is 20.5 Å². The van der Waals surface area contributed by atoms with Crippen molar-refractivity contribution in [1.29, 1.82) is 0 Å². The molecule has 10 aromatic rings. The number of aromatic amines is 1. The van der Waals surface area contributed by atoms with Gasteiger partial charge in [0.05, 0.1) is 34.0 Å². The zero-order valence-corrected chi connectivity index (χ0v) is 38.4. The minimum atomic E-state index is -1.55. The summed E-state index contributed by atoms with van der Waals surface area (Å²) < 4.78 is 6.31. The summed E-state index contributed by atoms with van der Waals surface area (Å²) in [5.74, 6) is -0.722. The Morgan fingerprint density at radius 2 is 0.794 bits per heavy atom. The number of aromatic nitrogens is 8. The van der Waals surface area contributed by atoms with Crippen molar-refractivity contribution in [1.82, 2.24) is 39.0 Å². The first-order chi connectivity index (χ1) is 30.4. The molecular formula is C50H46BN9O2Zn. The molecule has 13 heteroatoms. The number of H-pyrrole nitrogens is 1. The van der Waals surface area contributed by atoms with Gasteiger partial charge >= 0.3 is 26.6 Å². The van der Waals surface area contributed by atoms with Crippen molar-refractivity contribution in [3.8, 4) is 33.8 Å². The van der Waals surface area contributed by atoms with Crippen LogP contribution in [0.4, 0.5) is 0 Å². The molecule has 0 aliphatic carbocycles. The van der Waals surface area contributed by atoms with Crippen LogP contribution in [0.2, 0.25) is 0 Å². The third-order valence-electron chi connectivity index (χ3n) is 9.97. The van der Waals surface area contributed by atoms with Gasteiger partial charge in [-0.1, -0.05) is 176 Å². The van der Waals surface area contributed by atoms with Crippen molar-refractivity contribution < 1.29 is 29.8 Å². The van der Waals surface area contributed by atoms with Gasteiger partial charge in [0.2, 0.25) is 0 Å². The summed E-state index contributed by atoms with van der Waals surface area (Å²) in [5, 5.41) is 37.0. The molecular weight excluding hydrogens is 835 g/mol. The summed E-state index contributed by atoms with van der Waals surface area (Å²) >= 11 is 0. The molecule has 0 bridgehead atoms. The third-order valence-corrected chi connectivity index (χ3v) is 9.97. The summed E-state index contributed by atoms with van der Waals surface area (Å²) in [6.45, 7) is 6.31. The quantitative estimate of drug-likeness (QED) is 0.0539. The molecule has 11 nitrogen and oxygen atoms in total. The van der Waals surface area contributed by atoms with Crippen LogP contribution in [0.15, 0.2) is 211 Å². The molecule has 63 heavy (non-hydrogen) atoms. The summed E-state index contributed by atoms with van der Waals surface area (Å²) in [4.78, 5) is 6.66. The average molecular weight is 881 g/mol. The molecule has 0 saturated heterocycles. The number of imidazole rings is 1. The van der Waals surface area contributed by atoms with Crippen LogP contribution in [-0.2, 0) is 19.5 Å². The first kappa shape index (κ1) is 44.9. The topological polar surface area (TPSA) is 138 Å². The fourth-order valence-electron chi connectivity index (χ4n) is 6.89. The molecule has 0 fully saturated rings. The summed E-state index contributed by atoms with van der Waals surface area (Å²) in [6.07, 6.45) is 0. The van der Waals surface area contributed by atoms with Crippen LogP contribution in [0.1, 0.15) is 22.9 Å². The summed E-state index contributed by atoms with van der Waals surface area (Å²) in [5.41, 5.74) is 10.7. The fraction of sp³-hybridized carbons (Fsp3) is 0.0600. The first-order valence-corrected chi connectivity index (χ1v) is 20.3. The Kier molecular flexibility index (Phi) is 15.9. The Hall–Kier alpha value is -7.62. The molecule has 0 spiro atoms. The Labute approximate surface area is 380 Å². The normalized spacial score (nSPS) is 10.7. The number of nitrogens with one attached hydrogen (secondary N) is 1. The van der Waals surface area contributed by atoms with Crippen LogP contribution in [0, 0.1) is 20.8 Å². The molecule has 308 valence electrons. The minimum absolute atomic E-state index is 0. The largest absolute Gasteiger partial charge is 2.00 e. The number of oxime groups is 1. The molecule has 0 aliphatic heterocycles. The van der Waals surface area contributed by atoms with Gasteiger partial charge in [-0.2, -0.15) is 0 Å². The van der Waals surface area contributed by atoms with Crippen LogP contribution < -0.4 is 5.11 Å². The number of hydrogen-bond donors (Lipinski definition) is 2. The van der Waals surface area contributed by atoms with Gasteiger partial charge in [0.25, 0.3) is 0 Å². The Bertz CT molecular complexity index is 2600. The second-order valence-electron chi connectivity index (χ2n) is 14.4. The van der Waals surface area contributed by atoms with Gasteiger partial charge in [0.1, 0.15) is 5.82 Å². The van der Waals surface area contributed by atoms with E-state index >= 15 is 0 Å². The van der Waals surface area contributed by atoms with E-state index in [9.17, 15) is 5.11 Å². The third kappa shape index (κ3) is 11.6. The number of nitrogens with zero attached hydrogens (tertiary/aromatic N) is 8. The zero-order chi connectivity index (χ0) is 43.1. The predicted octanol–water partition coefficient (Wildman–Crippen LogP) is 9.29. The van der Waals surface area contributed by atoms with Crippen molar-refractivity contribution in [2.75, 3.05) is 0 Å². The predicted molar refractivity (Wildman–Crippen MR) is 248 cm³/mol. The Balaban J connectivity index is 0.000000205. The van der Waals surface area contributed by atoms with Gasteiger partial charge in [-0.3, -0.25) is 0 Å².